The van der Waals surface area contributed by atoms with Crippen molar-refractivity contribution in [1.29, 1.82) is 5.26 Å². The number of amides is 1. The van der Waals surface area contributed by atoms with Crippen molar-refractivity contribution in [1.82, 2.24) is 15.1 Å². The Labute approximate surface area is 194 Å². The predicted octanol–water partition coefficient (Wildman–Crippen LogP) is 0.325. The first-order valence-corrected chi connectivity index (χ1v) is 10.4. The molecule has 0 saturated carbocycles. The van der Waals surface area contributed by atoms with Crippen molar-refractivity contribution in [2.45, 2.75) is 44.2 Å². The van der Waals surface area contributed by atoms with Crippen LogP contribution in [0.4, 0.5) is 0 Å². The molecule has 0 fully saturated rings. The van der Waals surface area contributed by atoms with Crippen LogP contribution >= 0.6 is 11.6 Å². The third-order valence-electron chi connectivity index (χ3n) is 5.23. The molecule has 1 aliphatic rings. The van der Waals surface area contributed by atoms with Gasteiger partial charge >= 0.3 is 5.97 Å². The van der Waals surface area contributed by atoms with E-state index in [2.05, 4.69) is 5.10 Å². The number of aliphatic carboxylic acids is 1. The second-order valence-electron chi connectivity index (χ2n) is 7.80. The average molecular weight is 480 g/mol. The van der Waals surface area contributed by atoms with E-state index in [1.165, 1.54) is 13.8 Å². The van der Waals surface area contributed by atoms with Crippen molar-refractivity contribution < 1.29 is 36.2 Å². The zero-order valence-electron chi connectivity index (χ0n) is 18.7. The highest BCUT2D eigenvalue weighted by Gasteiger charge is 2.45. The van der Waals surface area contributed by atoms with Crippen molar-refractivity contribution in [3.8, 4) is 6.07 Å². The highest BCUT2D eigenvalue weighted by molar-refractivity contribution is 6.35. The average Bonchev–Trinajstić information content (AvgIpc) is 3.20. The Morgan fingerprint density at radius 1 is 1.42 bits per heavy atom. The van der Waals surface area contributed by atoms with Crippen LogP contribution in [0.5, 0.6) is 0 Å². The minimum atomic E-state index is -1.90. The summed E-state index contributed by atoms with van der Waals surface area (Å²) >= 11 is 6.26. The molecule has 0 saturated heterocycles. The van der Waals surface area contributed by atoms with Crippen LogP contribution in [0.15, 0.2) is 30.0 Å². The van der Waals surface area contributed by atoms with Crippen molar-refractivity contribution in [2.75, 3.05) is 6.61 Å². The SMILES string of the molecule is [2H]N(C(=O)C(C)C)[C@H]1[C@H]([C@H](O)[C@H](O)CO)OC(C(=O)O)=C[C@@H]1n1nc2cccc(Cl)c2c1C#N. The molecule has 0 spiro atoms. The number of rotatable bonds is 7. The van der Waals surface area contributed by atoms with E-state index in [0.29, 0.717) is 10.8 Å². The molecule has 1 aromatic carbocycles. The molecule has 5 atom stereocenters. The number of benzene rings is 1. The number of nitriles is 1. The summed E-state index contributed by atoms with van der Waals surface area (Å²) < 4.78 is 15.0. The molecule has 0 radical (unpaired) electrons. The lowest BCUT2D eigenvalue weighted by atomic mass is 9.91. The fraction of sp³-hybridized carbons (Fsp3) is 0.429. The lowest BCUT2D eigenvalue weighted by Crippen LogP contribution is -2.59. The first-order valence-electron chi connectivity index (χ1n) is 10.5. The van der Waals surface area contributed by atoms with Crippen LogP contribution in [0, 0.1) is 17.2 Å². The van der Waals surface area contributed by atoms with Gasteiger partial charge in [-0.3, -0.25) is 4.79 Å². The third kappa shape index (κ3) is 4.65. The summed E-state index contributed by atoms with van der Waals surface area (Å²) in [4.78, 5) is 24.6. The van der Waals surface area contributed by atoms with E-state index in [1.807, 2.05) is 6.07 Å². The summed E-state index contributed by atoms with van der Waals surface area (Å²) in [7, 11) is 0. The van der Waals surface area contributed by atoms with Crippen LogP contribution in [0.25, 0.3) is 10.9 Å². The lowest BCUT2D eigenvalue weighted by molar-refractivity contribution is -0.147. The van der Waals surface area contributed by atoms with Crippen LogP contribution in [0.3, 0.4) is 0 Å². The minimum absolute atomic E-state index is 0.0696. The van der Waals surface area contributed by atoms with Crippen LogP contribution in [0.1, 0.15) is 25.6 Å². The molecule has 2 aromatic rings. The number of aliphatic hydroxyl groups excluding tert-OH is 3. The number of halogens is 1. The Kier molecular flexibility index (Phi) is 6.80. The number of ether oxygens (including phenoxy) is 1. The van der Waals surface area contributed by atoms with E-state index in [0.717, 1.165) is 10.8 Å². The van der Waals surface area contributed by atoms with Crippen molar-refractivity contribution in [3.63, 3.8) is 0 Å². The van der Waals surface area contributed by atoms with Gasteiger partial charge in [0, 0.05) is 5.92 Å². The Morgan fingerprint density at radius 3 is 2.70 bits per heavy atom. The molecule has 0 aliphatic carbocycles. The lowest BCUT2D eigenvalue weighted by Gasteiger charge is -2.40. The molecule has 1 aliphatic heterocycles. The molecule has 176 valence electrons. The van der Waals surface area contributed by atoms with Gasteiger partial charge in [-0.2, -0.15) is 10.4 Å². The van der Waals surface area contributed by atoms with Gasteiger partial charge in [-0.25, -0.2) is 9.48 Å². The second kappa shape index (κ2) is 9.76. The second-order valence-corrected chi connectivity index (χ2v) is 8.21. The quantitative estimate of drug-likeness (QED) is 0.374. The predicted molar refractivity (Wildman–Crippen MR) is 115 cm³/mol. The van der Waals surface area contributed by atoms with Crippen molar-refractivity contribution in [2.24, 2.45) is 5.92 Å². The summed E-state index contributed by atoms with van der Waals surface area (Å²) in [5, 5.41) is 54.9. The van der Waals surface area contributed by atoms with E-state index in [9.17, 15) is 35.3 Å². The van der Waals surface area contributed by atoms with E-state index in [4.69, 9.17) is 17.7 Å². The van der Waals surface area contributed by atoms with Crippen molar-refractivity contribution >= 4 is 34.4 Å². The zero-order valence-corrected chi connectivity index (χ0v) is 18.4. The Morgan fingerprint density at radius 2 is 2.12 bits per heavy atom. The summed E-state index contributed by atoms with van der Waals surface area (Å²) in [5.41, 5.74) is 0.235. The molecule has 33 heavy (non-hydrogen) atoms. The number of carbonyl (C=O) groups excluding carboxylic acids is 1. The van der Waals surface area contributed by atoms with Gasteiger partial charge in [-0.15, -0.1) is 0 Å². The maximum absolute atomic E-state index is 12.8. The summed E-state index contributed by atoms with van der Waals surface area (Å²) in [6.45, 7) is 2.18. The number of fused-ring (bicyclic) bond motifs is 1. The molecular weight excluding hydrogens is 456 g/mol. The number of carbonyl (C=O) groups is 2. The number of carboxylic acid groups (broad SMARTS) is 1. The van der Waals surface area contributed by atoms with Gasteiger partial charge in [0.05, 0.1) is 34.6 Å². The highest BCUT2D eigenvalue weighted by atomic mass is 35.5. The van der Waals surface area contributed by atoms with Gasteiger partial charge in [0.1, 0.15) is 30.1 Å². The van der Waals surface area contributed by atoms with Crippen LogP contribution in [-0.2, 0) is 14.3 Å². The number of aromatic nitrogens is 2. The number of carboxylic acids is 1. The molecule has 0 bridgehead atoms. The van der Waals surface area contributed by atoms with E-state index in [-0.39, 0.29) is 16.1 Å². The first kappa shape index (κ1) is 23.0. The fourth-order valence-corrected chi connectivity index (χ4v) is 3.78. The maximum atomic E-state index is 12.8. The zero-order chi connectivity index (χ0) is 25.3. The molecule has 1 aromatic heterocycles. The first-order chi connectivity index (χ1) is 16.0. The molecule has 5 N–H and O–H groups in total. The van der Waals surface area contributed by atoms with E-state index in [1.54, 1.807) is 18.2 Å². The number of nitrogens with zero attached hydrogens (tertiary/aromatic N) is 3. The monoisotopic (exact) mass is 479 g/mol. The topological polar surface area (TPSA) is 178 Å². The number of aliphatic hydroxyl groups is 3. The van der Waals surface area contributed by atoms with E-state index >= 15 is 0 Å². The highest BCUT2D eigenvalue weighted by Crippen LogP contribution is 2.34. The van der Waals surface area contributed by atoms with E-state index < -0.39 is 60.6 Å². The fourth-order valence-electron chi connectivity index (χ4n) is 3.52. The minimum Gasteiger partial charge on any atom is -0.478 e. The molecule has 1 amide bonds. The number of nitrogens with one attached hydrogen (secondary N) is 1. The molecule has 11 nitrogen and oxygen atoms in total. The maximum Gasteiger partial charge on any atom is 0.370 e. The van der Waals surface area contributed by atoms with Gasteiger partial charge in [0.2, 0.25) is 11.7 Å². The molecule has 2 heterocycles. The molecule has 0 unspecified atom stereocenters. The molecule has 12 heteroatoms. The molecule has 3 rings (SSSR count). The van der Waals surface area contributed by atoms with Crippen molar-refractivity contribution in [3.05, 3.63) is 40.8 Å². The van der Waals surface area contributed by atoms with Gasteiger partial charge < -0.3 is 30.5 Å². The van der Waals surface area contributed by atoms with Gasteiger partial charge in [-0.1, -0.05) is 31.5 Å². The Hall–Kier alpha value is -3.17. The smallest absolute Gasteiger partial charge is 0.370 e. The van der Waals surface area contributed by atoms with Gasteiger partial charge in [0.15, 0.2) is 1.41 Å². The standard InChI is InChI=1S/C21H23ClN4O7/c1-9(2)20(30)24-17-12(6-15(21(31)32)33-19(17)18(29)14(28)8-27)26-13(7-23)16-10(22)4-3-5-11(16)25-26/h3-6,9,12,14,17-19,27-29H,8H2,1-2H3,(H,24,30)(H,31,32)/t12-,14+,17+,18+,19+/m0/s1/i/hD. The van der Waals surface area contributed by atoms with Gasteiger partial charge in [-0.05, 0) is 18.2 Å². The summed E-state index contributed by atoms with van der Waals surface area (Å²) in [5.74, 6) is -3.55. The van der Waals surface area contributed by atoms with Crippen LogP contribution in [0.2, 0.25) is 6.43 Å². The Bertz CT molecular complexity index is 1180. The third-order valence-corrected chi connectivity index (χ3v) is 5.55. The number of hydrogen-bond donors (Lipinski definition) is 5. The number of hydrogen-bond acceptors (Lipinski definition) is 8. The normalized spacial score (nSPS) is 22.7. The largest absolute Gasteiger partial charge is 0.478 e. The van der Waals surface area contributed by atoms with Gasteiger partial charge in [0.25, 0.3) is 0 Å². The van der Waals surface area contributed by atoms with Crippen LogP contribution in [-0.4, -0.2) is 73.0 Å². The molecular formula is C21H23ClN4O7. The summed E-state index contributed by atoms with van der Waals surface area (Å²) in [6.07, 6.45) is -4.27. The Balaban J connectivity index is 2.30. The van der Waals surface area contributed by atoms with Crippen LogP contribution < -0.4 is 5.31 Å². The summed E-state index contributed by atoms with van der Waals surface area (Å²) in [6, 6.07) is 3.96.